The lowest BCUT2D eigenvalue weighted by Crippen LogP contribution is -2.58. The van der Waals surface area contributed by atoms with E-state index in [0.717, 1.165) is 16.5 Å². The molecule has 280 valence electrons. The van der Waals surface area contributed by atoms with Crippen molar-refractivity contribution in [3.05, 3.63) is 60.0 Å². The zero-order chi connectivity index (χ0) is 38.2. The number of hydrogen-bond donors (Lipinski definition) is 4. The largest absolute Gasteiger partial charge is 0.499 e. The molecule has 12 nitrogen and oxygen atoms in total. The summed E-state index contributed by atoms with van der Waals surface area (Å²) in [5.74, 6) is -1.56. The summed E-state index contributed by atoms with van der Waals surface area (Å²) < 4.78 is 5.51. The second-order valence-electron chi connectivity index (χ2n) is 15.5. The van der Waals surface area contributed by atoms with Gasteiger partial charge in [0, 0.05) is 35.7 Å². The van der Waals surface area contributed by atoms with Crippen LogP contribution in [-0.2, 0) is 35.1 Å². The first kappa shape index (κ1) is 41.0. The number of benzene rings is 1. The minimum atomic E-state index is -1.03. The predicted molar refractivity (Wildman–Crippen MR) is 199 cm³/mol. The highest BCUT2D eigenvalue weighted by Gasteiger charge is 2.38. The first-order valence-electron chi connectivity index (χ1n) is 17.8. The van der Waals surface area contributed by atoms with E-state index in [9.17, 15) is 24.0 Å². The quantitative estimate of drug-likeness (QED) is 0.181. The van der Waals surface area contributed by atoms with Gasteiger partial charge in [0.25, 0.3) is 11.8 Å². The average Bonchev–Trinajstić information content (AvgIpc) is 3.58. The Morgan fingerprint density at radius 2 is 1.53 bits per heavy atom. The molecule has 0 fully saturated rings. The molecule has 0 saturated carbocycles. The van der Waals surface area contributed by atoms with E-state index in [1.165, 1.54) is 30.2 Å². The Kier molecular flexibility index (Phi) is 14.2. The van der Waals surface area contributed by atoms with Gasteiger partial charge < -0.3 is 25.7 Å². The van der Waals surface area contributed by atoms with Crippen molar-refractivity contribution in [3.8, 4) is 0 Å². The van der Waals surface area contributed by atoms with Gasteiger partial charge in [0.1, 0.15) is 23.9 Å². The van der Waals surface area contributed by atoms with Gasteiger partial charge >= 0.3 is 0 Å². The van der Waals surface area contributed by atoms with Crippen molar-refractivity contribution in [2.75, 3.05) is 21.2 Å². The van der Waals surface area contributed by atoms with Crippen LogP contribution in [0.15, 0.2) is 54.4 Å². The maximum absolute atomic E-state index is 13.7. The third-order valence-corrected chi connectivity index (χ3v) is 8.93. The molecular weight excluding hydrogens is 648 g/mol. The molecule has 0 spiro atoms. The van der Waals surface area contributed by atoms with E-state index >= 15 is 0 Å². The first-order chi connectivity index (χ1) is 23.8. The zero-order valence-electron chi connectivity index (χ0n) is 32.1. The van der Waals surface area contributed by atoms with E-state index in [2.05, 4.69) is 20.9 Å². The Labute approximate surface area is 302 Å². The number of imide groups is 1. The van der Waals surface area contributed by atoms with Gasteiger partial charge in [-0.15, -0.1) is 0 Å². The number of aromatic amines is 1. The molecule has 2 heterocycles. The summed E-state index contributed by atoms with van der Waals surface area (Å²) in [5, 5.41) is 9.77. The molecule has 0 unspecified atom stereocenters. The van der Waals surface area contributed by atoms with Crippen molar-refractivity contribution in [2.24, 2.45) is 17.8 Å². The van der Waals surface area contributed by atoms with Crippen LogP contribution >= 0.6 is 0 Å². The number of para-hydroxylation sites is 1. The molecule has 0 saturated heterocycles. The number of carbonyl (C=O) groups excluding carboxylic acids is 5. The molecule has 0 radical (unpaired) electrons. The van der Waals surface area contributed by atoms with Crippen LogP contribution in [0.5, 0.6) is 0 Å². The molecule has 1 aromatic heterocycles. The molecule has 12 heteroatoms. The molecule has 4 N–H and O–H groups in total. The minimum Gasteiger partial charge on any atom is -0.499 e. The van der Waals surface area contributed by atoms with E-state index in [-0.39, 0.29) is 23.7 Å². The van der Waals surface area contributed by atoms with Crippen LogP contribution < -0.4 is 16.0 Å². The summed E-state index contributed by atoms with van der Waals surface area (Å²) in [6.45, 7) is 15.2. The minimum absolute atomic E-state index is 0.0247. The third kappa shape index (κ3) is 11.0. The van der Waals surface area contributed by atoms with E-state index in [4.69, 9.17) is 4.74 Å². The molecular formula is C39H58N6O6. The number of rotatable bonds is 17. The Balaban J connectivity index is 1.75. The van der Waals surface area contributed by atoms with Gasteiger partial charge in [-0.2, -0.15) is 0 Å². The van der Waals surface area contributed by atoms with Crippen molar-refractivity contribution >= 4 is 40.4 Å². The average molecular weight is 707 g/mol. The fourth-order valence-corrected chi connectivity index (χ4v) is 6.60. The molecule has 4 atom stereocenters. The number of H-pyrrole nitrogens is 1. The number of amides is 5. The van der Waals surface area contributed by atoms with E-state index < -0.39 is 53.3 Å². The Morgan fingerprint density at radius 3 is 2.10 bits per heavy atom. The van der Waals surface area contributed by atoms with Gasteiger partial charge in [0.2, 0.25) is 17.7 Å². The summed E-state index contributed by atoms with van der Waals surface area (Å²) in [5.41, 5.74) is 0.862. The maximum atomic E-state index is 13.7. The highest BCUT2D eigenvalue weighted by atomic mass is 16.5. The SMILES string of the molecule is COC1=CC(=O)N(C(=O)C=CC(C)(C)NC(=O)[C@H](CC(C)C)NC(=O)[C@H](CC(C)C)NC(=O)[C@H](C(C)C)N(C)C)[C@H]1Cc1c[nH]c2ccccc12. The number of ether oxygens (including phenoxy) is 1. The summed E-state index contributed by atoms with van der Waals surface area (Å²) in [6, 6.07) is 5.02. The van der Waals surface area contributed by atoms with Crippen LogP contribution in [0.1, 0.15) is 73.8 Å². The molecule has 51 heavy (non-hydrogen) atoms. The summed E-state index contributed by atoms with van der Waals surface area (Å²) >= 11 is 0. The number of fused-ring (bicyclic) bond motifs is 1. The van der Waals surface area contributed by atoms with Crippen LogP contribution in [0.3, 0.4) is 0 Å². The molecule has 3 rings (SSSR count). The Hall–Kier alpha value is -4.45. The number of nitrogens with one attached hydrogen (secondary N) is 4. The smallest absolute Gasteiger partial charge is 0.257 e. The highest BCUT2D eigenvalue weighted by molar-refractivity contribution is 6.08. The fraction of sp³-hybridized carbons (Fsp3) is 0.564. The van der Waals surface area contributed by atoms with Crippen molar-refractivity contribution in [3.63, 3.8) is 0 Å². The number of nitrogens with zero attached hydrogens (tertiary/aromatic N) is 2. The molecule has 0 bridgehead atoms. The second kappa shape index (κ2) is 17.7. The molecule has 2 aromatic rings. The number of methoxy groups -OCH3 is 1. The van der Waals surface area contributed by atoms with Gasteiger partial charge in [-0.05, 0) is 70.2 Å². The summed E-state index contributed by atoms with van der Waals surface area (Å²) in [4.78, 5) is 73.5. The summed E-state index contributed by atoms with van der Waals surface area (Å²) in [6.07, 6.45) is 7.14. The van der Waals surface area contributed by atoms with Gasteiger partial charge in [0.15, 0.2) is 0 Å². The zero-order valence-corrected chi connectivity index (χ0v) is 32.1. The monoisotopic (exact) mass is 706 g/mol. The van der Waals surface area contributed by atoms with Crippen LogP contribution in [0.4, 0.5) is 0 Å². The highest BCUT2D eigenvalue weighted by Crippen LogP contribution is 2.28. The number of aromatic nitrogens is 1. The lowest BCUT2D eigenvalue weighted by atomic mass is 9.97. The van der Waals surface area contributed by atoms with Crippen LogP contribution in [0, 0.1) is 17.8 Å². The lowest BCUT2D eigenvalue weighted by Gasteiger charge is -2.31. The second-order valence-corrected chi connectivity index (χ2v) is 15.5. The van der Waals surface area contributed by atoms with Crippen LogP contribution in [0.25, 0.3) is 10.9 Å². The van der Waals surface area contributed by atoms with Crippen LogP contribution in [-0.4, -0.2) is 95.2 Å². The maximum Gasteiger partial charge on any atom is 0.257 e. The van der Waals surface area contributed by atoms with Gasteiger partial charge in [-0.1, -0.05) is 65.8 Å². The number of hydrogen-bond acceptors (Lipinski definition) is 7. The van der Waals surface area contributed by atoms with Crippen molar-refractivity contribution in [2.45, 2.75) is 104 Å². The van der Waals surface area contributed by atoms with E-state index in [1.807, 2.05) is 91.0 Å². The Bertz CT molecular complexity index is 1610. The van der Waals surface area contributed by atoms with E-state index in [1.54, 1.807) is 13.8 Å². The molecule has 1 aliphatic heterocycles. The first-order valence-corrected chi connectivity index (χ1v) is 17.8. The summed E-state index contributed by atoms with van der Waals surface area (Å²) in [7, 11) is 5.13. The topological polar surface area (TPSA) is 153 Å². The molecule has 1 aliphatic rings. The third-order valence-electron chi connectivity index (χ3n) is 8.93. The van der Waals surface area contributed by atoms with Crippen LogP contribution in [0.2, 0.25) is 0 Å². The predicted octanol–water partition coefficient (Wildman–Crippen LogP) is 4.08. The van der Waals surface area contributed by atoms with Crippen molar-refractivity contribution in [1.82, 2.24) is 30.7 Å². The van der Waals surface area contributed by atoms with Gasteiger partial charge in [-0.25, -0.2) is 0 Å². The lowest BCUT2D eigenvalue weighted by molar-refractivity contribution is -0.139. The normalized spacial score (nSPS) is 17.0. The standard InChI is InChI=1S/C39H58N6O6/c1-23(2)18-29(42-38(50)35(25(5)6)44(9)10)36(48)41-30(19-24(3)4)37(49)43-39(7,8)17-16-33(46)45-31(32(51-11)21-34(45)47)20-26-22-40-28-15-13-12-14-27(26)28/h12-17,21-25,29-31,35,40H,18-20H2,1-11H3,(H,41,48)(H,42,50)(H,43,49)/t29-,30-,31-,35-/m0/s1. The molecule has 0 aliphatic carbocycles. The van der Waals surface area contributed by atoms with Crippen molar-refractivity contribution < 1.29 is 28.7 Å². The van der Waals surface area contributed by atoms with Crippen molar-refractivity contribution in [1.29, 1.82) is 0 Å². The van der Waals surface area contributed by atoms with Gasteiger partial charge in [0.05, 0.1) is 18.7 Å². The molecule has 5 amide bonds. The Morgan fingerprint density at radius 1 is 0.941 bits per heavy atom. The number of likely N-dealkylation sites (N-methyl/N-ethyl adjacent to an activating group) is 1. The fourth-order valence-electron chi connectivity index (χ4n) is 6.60. The van der Waals surface area contributed by atoms with Gasteiger partial charge in [-0.3, -0.25) is 33.8 Å². The van der Waals surface area contributed by atoms with E-state index in [0.29, 0.717) is 25.0 Å². The number of carbonyl (C=O) groups is 5. The molecule has 1 aromatic carbocycles.